The van der Waals surface area contributed by atoms with E-state index in [-0.39, 0.29) is 104 Å². The van der Waals surface area contributed by atoms with Gasteiger partial charge in [0, 0.05) is 69.7 Å². The van der Waals surface area contributed by atoms with Crippen LogP contribution in [-0.4, -0.2) is 264 Å². The smallest absolute Gasteiger partial charge is 0.303 e. The maximum atomic E-state index is 15.5. The standard InChI is InChI=1S/C80H113ClN18O20S2/c1-8-53(72(111)92-56(22-25-66(82)104)70(109)88-38-47-11-9-46(10-12-47)37-87-69(108)54(85-6)27-29-83-4)91-76(115)60(33-44-13-18-49(100)19-14-44)95-78(117)62-41-120-121-42-63(98-74(113)57(23-26-68(106)107)93-77(116)61(34-45-15-20-50(101)21-16-45)94-73(112)55(86-7)28-30-84-5)80(119)99-40-51(102)36-64(99)79(118)96-59(35-48-17-24-65(103)52(81)32-48)71(110)89-39-67(105)90-58(31-43(2)3)75(114)97-62/h9-21,24,32,43,51,53-64,83-86,100-103H,8,22-23,25-31,33-42H2,1-7H3,(H2,82,104)(H,87,108)(H,88,109)(H,89,110)(H,90,105)(H,91,115)(H,92,111)(H,93,116)(H,94,112)(H,95,117)(H,96,118)(H,97,114)(H,98,113)(H,106,107)/t51?,53-,54-,55-,56-,57+,58-,59-,60-,61-,62-,63-,64?/m0/s1. The normalized spacial score (nSPS) is 19.2. The van der Waals surface area contributed by atoms with Gasteiger partial charge in [0.1, 0.15) is 77.7 Å². The number of amides is 14. The van der Waals surface area contributed by atoms with Gasteiger partial charge in [-0.05, 0) is 150 Å². The van der Waals surface area contributed by atoms with E-state index in [0.29, 0.717) is 36.2 Å². The minimum Gasteiger partial charge on any atom is -0.508 e. The molecule has 2 aliphatic heterocycles. The summed E-state index contributed by atoms with van der Waals surface area (Å²) in [7, 11) is 8.28. The first kappa shape index (κ1) is 98.9. The molecule has 2 unspecified atom stereocenters. The SMILES string of the molecule is CC[C@H](NC(=O)[C@H](Cc1ccc(O)cc1)NC(=O)[C@@H]1CSSC[C@H](NC(=O)[C@@H](CCC(=O)O)NC(=O)[C@H](Cc2ccc(O)cc2)NC(=O)[C@H](CCNC)NC)C(=O)N2CC(O)CC2C(=O)N[C@@H](Cc2ccc(O)c(Cl)c2)C(=O)NCC(=O)N[C@@H](CC(C)C)C(=O)N1)C(=O)N[C@@H](CCC(N)=O)C(=O)NCc1ccc(CNC(=O)[C@H](CCNC)NC)cc1. The molecule has 0 saturated carbocycles. The fraction of sp³-hybridized carbons (Fsp3) is 0.512. The van der Waals surface area contributed by atoms with Gasteiger partial charge in [-0.3, -0.25) is 71.9 Å². The number of hydrogen-bond donors (Lipinski definition) is 22. The van der Waals surface area contributed by atoms with Crippen molar-refractivity contribution in [2.75, 3.05) is 65.9 Å². The summed E-state index contributed by atoms with van der Waals surface area (Å²) in [5, 5.41) is 95.5. The predicted molar refractivity (Wildman–Crippen MR) is 450 cm³/mol. The number of rotatable bonds is 41. The largest absolute Gasteiger partial charge is 0.508 e. The third kappa shape index (κ3) is 33.2. The third-order valence-corrected chi connectivity index (χ3v) is 22.6. The first-order valence-electron chi connectivity index (χ1n) is 39.7. The van der Waals surface area contributed by atoms with Crippen LogP contribution in [-0.2, 0) is 104 Å². The number of carbonyl (C=O) groups excluding carboxylic acids is 14. The highest BCUT2D eigenvalue weighted by atomic mass is 35.5. The van der Waals surface area contributed by atoms with Crippen LogP contribution in [0.2, 0.25) is 5.02 Å². The lowest BCUT2D eigenvalue weighted by molar-refractivity contribution is -0.142. The Balaban J connectivity index is 1.35. The van der Waals surface area contributed by atoms with Crippen LogP contribution in [0.1, 0.15) is 106 Å². The van der Waals surface area contributed by atoms with Crippen molar-refractivity contribution in [3.05, 3.63) is 124 Å². The van der Waals surface area contributed by atoms with Gasteiger partial charge in [-0.25, -0.2) is 0 Å². The monoisotopic (exact) mass is 1740 g/mol. The number of carboxylic acids is 1. The Morgan fingerprint density at radius 3 is 1.57 bits per heavy atom. The van der Waals surface area contributed by atoms with Crippen molar-refractivity contribution in [1.29, 1.82) is 0 Å². The molecule has 0 spiro atoms. The molecule has 38 nitrogen and oxygen atoms in total. The van der Waals surface area contributed by atoms with Crippen LogP contribution in [0.3, 0.4) is 0 Å². The zero-order chi connectivity index (χ0) is 89.0. The molecule has 0 bridgehead atoms. The molecular formula is C80H113ClN18O20S2. The number of phenolic OH excluding ortho intramolecular Hbond substituents is 3. The van der Waals surface area contributed by atoms with E-state index in [9.17, 15) is 83.1 Å². The highest BCUT2D eigenvalue weighted by Gasteiger charge is 2.44. The van der Waals surface area contributed by atoms with E-state index in [1.165, 1.54) is 80.7 Å². The maximum absolute atomic E-state index is 15.5. The summed E-state index contributed by atoms with van der Waals surface area (Å²) >= 11 is 6.27. The van der Waals surface area contributed by atoms with Gasteiger partial charge in [0.25, 0.3) is 0 Å². The number of aromatic hydroxyl groups is 3. The number of carbonyl (C=O) groups is 15. The number of aliphatic hydroxyl groups is 1. The van der Waals surface area contributed by atoms with Gasteiger partial charge in [0.05, 0.1) is 29.8 Å². The molecule has 0 aromatic heterocycles. The summed E-state index contributed by atoms with van der Waals surface area (Å²) in [5.74, 6) is -15.8. The molecule has 14 amide bonds. The molecule has 662 valence electrons. The van der Waals surface area contributed by atoms with E-state index < -0.39 is 205 Å². The van der Waals surface area contributed by atoms with E-state index in [1.54, 1.807) is 59.3 Å². The zero-order valence-corrected chi connectivity index (χ0v) is 70.9. The van der Waals surface area contributed by atoms with E-state index in [0.717, 1.165) is 32.1 Å². The van der Waals surface area contributed by atoms with Gasteiger partial charge in [0.15, 0.2) is 0 Å². The van der Waals surface area contributed by atoms with Crippen molar-refractivity contribution in [3.8, 4) is 17.2 Å². The number of aliphatic carboxylic acids is 1. The van der Waals surface area contributed by atoms with Gasteiger partial charge >= 0.3 is 5.97 Å². The highest BCUT2D eigenvalue weighted by molar-refractivity contribution is 8.76. The molecule has 4 aromatic rings. The number of carboxylic acid groups (broad SMARTS) is 1. The van der Waals surface area contributed by atoms with Crippen LogP contribution in [0.25, 0.3) is 0 Å². The van der Waals surface area contributed by atoms with Gasteiger partial charge in [-0.2, -0.15) is 0 Å². The van der Waals surface area contributed by atoms with Crippen molar-refractivity contribution in [2.45, 2.75) is 190 Å². The first-order chi connectivity index (χ1) is 57.6. The lowest BCUT2D eigenvalue weighted by Gasteiger charge is -2.31. The number of halogens is 1. The number of benzene rings is 4. The van der Waals surface area contributed by atoms with Crippen LogP contribution < -0.4 is 90.8 Å². The molecule has 4 aromatic carbocycles. The summed E-state index contributed by atoms with van der Waals surface area (Å²) in [6.07, 6.45) is -4.20. The molecule has 0 radical (unpaired) electrons. The average molecular weight is 1750 g/mol. The third-order valence-electron chi connectivity index (χ3n) is 19.8. The lowest BCUT2D eigenvalue weighted by atomic mass is 10.0. The minimum atomic E-state index is -1.81. The summed E-state index contributed by atoms with van der Waals surface area (Å²) in [4.78, 5) is 214. The number of likely N-dealkylation sites (N-methyl/N-ethyl adjacent to an activating group) is 2. The fourth-order valence-electron chi connectivity index (χ4n) is 13.0. The predicted octanol–water partition coefficient (Wildman–Crippen LogP) is -2.77. The highest BCUT2D eigenvalue weighted by Crippen LogP contribution is 2.29. The summed E-state index contributed by atoms with van der Waals surface area (Å²) in [5.41, 5.74) is 7.97. The van der Waals surface area contributed by atoms with E-state index in [2.05, 4.69) is 85.1 Å². The minimum absolute atomic E-state index is 0.0438. The summed E-state index contributed by atoms with van der Waals surface area (Å²) < 4.78 is 0. The van der Waals surface area contributed by atoms with Crippen LogP contribution in [0.4, 0.5) is 0 Å². The van der Waals surface area contributed by atoms with Gasteiger partial charge < -0.3 is 121 Å². The molecule has 41 heteroatoms. The number of nitrogens with two attached hydrogens (primary N) is 1. The Labute approximate surface area is 713 Å². The summed E-state index contributed by atoms with van der Waals surface area (Å²) in [6.45, 7) is 4.76. The number of fused-ring (bicyclic) bond motifs is 1. The van der Waals surface area contributed by atoms with Gasteiger partial charge in [0.2, 0.25) is 82.7 Å². The van der Waals surface area contributed by atoms with Crippen LogP contribution in [0.5, 0.6) is 17.2 Å². The van der Waals surface area contributed by atoms with Crippen molar-refractivity contribution >= 4 is 122 Å². The molecule has 2 heterocycles. The number of phenols is 3. The Morgan fingerprint density at radius 2 is 1.04 bits per heavy atom. The topological polar surface area (TPSA) is 579 Å². The van der Waals surface area contributed by atoms with Crippen molar-refractivity contribution < 1.29 is 97.5 Å². The second kappa shape index (κ2) is 50.4. The van der Waals surface area contributed by atoms with E-state index in [1.807, 2.05) is 0 Å². The van der Waals surface area contributed by atoms with Crippen LogP contribution in [0, 0.1) is 5.92 Å². The molecule has 0 aliphatic carbocycles. The average Bonchev–Trinajstić information content (AvgIpc) is 1.71. The quantitative estimate of drug-likeness (QED) is 0.0200. The Morgan fingerprint density at radius 1 is 0.554 bits per heavy atom. The molecule has 23 N–H and O–H groups in total. The second-order valence-corrected chi connectivity index (χ2v) is 32.7. The number of nitrogens with zero attached hydrogens (tertiary/aromatic N) is 1. The van der Waals surface area contributed by atoms with Crippen molar-refractivity contribution in [3.63, 3.8) is 0 Å². The number of aliphatic hydroxyl groups excluding tert-OH is 1. The Bertz CT molecular complexity index is 4220. The number of hydrogen-bond acceptors (Lipinski definition) is 25. The first-order valence-corrected chi connectivity index (χ1v) is 42.5. The molecule has 121 heavy (non-hydrogen) atoms. The maximum Gasteiger partial charge on any atom is 0.303 e. The molecule has 13 atom stereocenters. The Kier molecular flexibility index (Phi) is 41.2. The zero-order valence-electron chi connectivity index (χ0n) is 68.5. The number of primary amides is 1. The van der Waals surface area contributed by atoms with E-state index >= 15 is 14.4 Å². The Hall–Kier alpha value is -10.9. The fourth-order valence-corrected chi connectivity index (χ4v) is 15.5. The van der Waals surface area contributed by atoms with Crippen molar-refractivity contribution in [2.24, 2.45) is 11.7 Å². The van der Waals surface area contributed by atoms with Crippen molar-refractivity contribution in [1.82, 2.24) is 90.0 Å². The molecule has 6 rings (SSSR count). The molecule has 2 fully saturated rings. The van der Waals surface area contributed by atoms with Gasteiger partial charge in [-0.1, -0.05) is 109 Å². The second-order valence-electron chi connectivity index (χ2n) is 29.7. The van der Waals surface area contributed by atoms with Gasteiger partial charge in [-0.15, -0.1) is 0 Å². The van der Waals surface area contributed by atoms with E-state index in [4.69, 9.17) is 17.3 Å². The van der Waals surface area contributed by atoms with Crippen LogP contribution in [0.15, 0.2) is 91.0 Å². The molecule has 2 aliphatic rings. The molecular weight excluding hydrogens is 1630 g/mol. The van der Waals surface area contributed by atoms with Crippen LogP contribution >= 0.6 is 33.2 Å². The summed E-state index contributed by atoms with van der Waals surface area (Å²) in [6, 6.07) is 4.83. The number of nitrogens with one attached hydrogen (secondary N) is 16. The lowest BCUT2D eigenvalue weighted by Crippen LogP contribution is -2.60. The molecule has 2 saturated heterocycles.